The van der Waals surface area contributed by atoms with Gasteiger partial charge in [-0.2, -0.15) is 5.10 Å². The molecule has 2 N–H and O–H groups in total. The van der Waals surface area contributed by atoms with E-state index in [9.17, 15) is 0 Å². The Balaban J connectivity index is 0.00000300. The van der Waals surface area contributed by atoms with Gasteiger partial charge in [0.25, 0.3) is 0 Å². The van der Waals surface area contributed by atoms with Crippen molar-refractivity contribution in [3.05, 3.63) is 29.5 Å². The molecule has 3 heterocycles. The second kappa shape index (κ2) is 11.5. The number of guanidine groups is 1. The Labute approximate surface area is 189 Å². The molecule has 0 saturated carbocycles. The Hall–Kier alpha value is -1.69. The quantitative estimate of drug-likeness (QED) is 0.330. The first-order chi connectivity index (χ1) is 13.5. The molecular weight excluding hydrogens is 483 g/mol. The molecule has 1 aliphatic rings. The number of hydrogen-bond donors (Lipinski definition) is 2. The number of hydrogen-bond acceptors (Lipinski definition) is 6. The lowest BCUT2D eigenvalue weighted by molar-refractivity contribution is 0.164. The maximum Gasteiger partial charge on any atom is 0.208 e. The van der Waals surface area contributed by atoms with Crippen LogP contribution in [0.25, 0.3) is 0 Å². The molecule has 1 fully saturated rings. The number of oxazole rings is 1. The third kappa shape index (κ3) is 6.95. The SMILES string of the molecule is CCNC(=NCc1ncnn1C)NCC1CCN(Cc2nc(C)c(C)o2)CC1.I. The average Bonchev–Trinajstić information content (AvgIpc) is 3.23. The molecule has 9 nitrogen and oxygen atoms in total. The van der Waals surface area contributed by atoms with Crippen LogP contribution < -0.4 is 10.6 Å². The van der Waals surface area contributed by atoms with Gasteiger partial charge >= 0.3 is 0 Å². The first-order valence-electron chi connectivity index (χ1n) is 10.1. The number of piperidine rings is 1. The van der Waals surface area contributed by atoms with Gasteiger partial charge < -0.3 is 15.1 Å². The molecule has 0 bridgehead atoms. The molecule has 0 spiro atoms. The fourth-order valence-electron chi connectivity index (χ4n) is 3.34. The van der Waals surface area contributed by atoms with E-state index in [0.29, 0.717) is 12.5 Å². The van der Waals surface area contributed by atoms with Gasteiger partial charge in [0, 0.05) is 20.1 Å². The number of nitrogens with one attached hydrogen (secondary N) is 2. The molecule has 0 atom stereocenters. The predicted octanol–water partition coefficient (Wildman–Crippen LogP) is 2.01. The molecule has 10 heteroatoms. The lowest BCUT2D eigenvalue weighted by Crippen LogP contribution is -2.42. The van der Waals surface area contributed by atoms with Gasteiger partial charge in [0.05, 0.1) is 12.2 Å². The fraction of sp³-hybridized carbons (Fsp3) is 0.684. The van der Waals surface area contributed by atoms with E-state index < -0.39 is 0 Å². The Morgan fingerprint density at radius 3 is 2.62 bits per heavy atom. The minimum Gasteiger partial charge on any atom is -0.444 e. The maximum absolute atomic E-state index is 5.72. The van der Waals surface area contributed by atoms with E-state index >= 15 is 0 Å². The van der Waals surface area contributed by atoms with Crippen molar-refractivity contribution < 1.29 is 4.42 Å². The highest BCUT2D eigenvalue weighted by molar-refractivity contribution is 14.0. The first-order valence-corrected chi connectivity index (χ1v) is 10.1. The van der Waals surface area contributed by atoms with E-state index in [-0.39, 0.29) is 24.0 Å². The number of likely N-dealkylation sites (tertiary alicyclic amines) is 1. The Morgan fingerprint density at radius 2 is 2.03 bits per heavy atom. The smallest absolute Gasteiger partial charge is 0.208 e. The lowest BCUT2D eigenvalue weighted by atomic mass is 9.97. The van der Waals surface area contributed by atoms with Gasteiger partial charge in [-0.15, -0.1) is 24.0 Å². The highest BCUT2D eigenvalue weighted by atomic mass is 127. The summed E-state index contributed by atoms with van der Waals surface area (Å²) < 4.78 is 7.46. The van der Waals surface area contributed by atoms with Crippen molar-refractivity contribution in [3.8, 4) is 0 Å². The molecule has 29 heavy (non-hydrogen) atoms. The summed E-state index contributed by atoms with van der Waals surface area (Å²) in [6, 6.07) is 0. The summed E-state index contributed by atoms with van der Waals surface area (Å²) in [5.74, 6) is 4.08. The van der Waals surface area contributed by atoms with Crippen molar-refractivity contribution >= 4 is 29.9 Å². The van der Waals surface area contributed by atoms with Crippen molar-refractivity contribution in [1.82, 2.24) is 35.3 Å². The summed E-state index contributed by atoms with van der Waals surface area (Å²) in [5.41, 5.74) is 0.991. The molecular formula is C19H33IN8O. The Morgan fingerprint density at radius 1 is 1.28 bits per heavy atom. The topological polar surface area (TPSA) is 96.4 Å². The second-order valence-corrected chi connectivity index (χ2v) is 7.34. The van der Waals surface area contributed by atoms with E-state index in [2.05, 4.69) is 42.5 Å². The van der Waals surface area contributed by atoms with E-state index in [0.717, 1.165) is 74.7 Å². The minimum absolute atomic E-state index is 0. The summed E-state index contributed by atoms with van der Waals surface area (Å²) in [6.07, 6.45) is 3.88. The van der Waals surface area contributed by atoms with Crippen LogP contribution in [0.4, 0.5) is 0 Å². The molecule has 1 saturated heterocycles. The van der Waals surface area contributed by atoms with Crippen molar-refractivity contribution in [1.29, 1.82) is 0 Å². The molecule has 162 valence electrons. The Kier molecular flexibility index (Phi) is 9.34. The zero-order valence-electron chi connectivity index (χ0n) is 17.8. The van der Waals surface area contributed by atoms with Crippen molar-refractivity contribution in [2.45, 2.75) is 46.7 Å². The molecule has 0 aliphatic carbocycles. The third-order valence-corrected chi connectivity index (χ3v) is 5.22. The second-order valence-electron chi connectivity index (χ2n) is 7.34. The van der Waals surface area contributed by atoms with Crippen LogP contribution in [-0.4, -0.2) is 56.8 Å². The molecule has 0 radical (unpaired) electrons. The van der Waals surface area contributed by atoms with Crippen molar-refractivity contribution in [2.24, 2.45) is 18.0 Å². The van der Waals surface area contributed by atoms with Crippen LogP contribution >= 0.6 is 24.0 Å². The predicted molar refractivity (Wildman–Crippen MR) is 123 cm³/mol. The zero-order chi connectivity index (χ0) is 19.9. The summed E-state index contributed by atoms with van der Waals surface area (Å²) in [6.45, 7) is 11.2. The minimum atomic E-state index is 0. The van der Waals surface area contributed by atoms with Gasteiger partial charge in [-0.1, -0.05) is 0 Å². The number of rotatable bonds is 7. The van der Waals surface area contributed by atoms with Gasteiger partial charge in [-0.3, -0.25) is 9.58 Å². The third-order valence-electron chi connectivity index (χ3n) is 5.22. The summed E-state index contributed by atoms with van der Waals surface area (Å²) in [5, 5.41) is 10.9. The van der Waals surface area contributed by atoms with Crippen LogP contribution in [0, 0.1) is 19.8 Å². The molecule has 2 aromatic rings. The number of halogens is 1. The van der Waals surface area contributed by atoms with Crippen LogP contribution in [0.3, 0.4) is 0 Å². The molecule has 0 amide bonds. The molecule has 1 aliphatic heterocycles. The van der Waals surface area contributed by atoms with E-state index in [1.165, 1.54) is 0 Å². The van der Waals surface area contributed by atoms with Gasteiger partial charge in [0.2, 0.25) is 5.89 Å². The standard InChI is InChI=1S/C19H32N8O.HI/c1-5-20-19(22-11-17-23-13-24-26(17)4)21-10-16-6-8-27(9-7-16)12-18-25-14(2)15(3)28-18;/h13,16H,5-12H2,1-4H3,(H2,20,21,22);1H. The molecule has 2 aromatic heterocycles. The van der Waals surface area contributed by atoms with Gasteiger partial charge in [0.15, 0.2) is 5.96 Å². The van der Waals surface area contributed by atoms with Crippen molar-refractivity contribution in [2.75, 3.05) is 26.2 Å². The fourth-order valence-corrected chi connectivity index (χ4v) is 3.34. The van der Waals surface area contributed by atoms with Gasteiger partial charge in [0.1, 0.15) is 24.5 Å². The number of aromatic nitrogens is 4. The molecule has 0 aromatic carbocycles. The highest BCUT2D eigenvalue weighted by Crippen LogP contribution is 2.19. The van der Waals surface area contributed by atoms with E-state index in [1.807, 2.05) is 20.9 Å². The van der Waals surface area contributed by atoms with Crippen LogP contribution in [0.2, 0.25) is 0 Å². The first kappa shape index (κ1) is 23.6. The monoisotopic (exact) mass is 516 g/mol. The summed E-state index contributed by atoms with van der Waals surface area (Å²) in [7, 11) is 1.88. The van der Waals surface area contributed by atoms with Gasteiger partial charge in [-0.25, -0.2) is 15.0 Å². The number of nitrogens with zero attached hydrogens (tertiary/aromatic N) is 6. The summed E-state index contributed by atoms with van der Waals surface area (Å²) in [4.78, 5) is 15.8. The molecule has 0 unspecified atom stereocenters. The van der Waals surface area contributed by atoms with Crippen LogP contribution in [0.1, 0.15) is 42.9 Å². The van der Waals surface area contributed by atoms with Crippen LogP contribution in [0.5, 0.6) is 0 Å². The largest absolute Gasteiger partial charge is 0.444 e. The van der Waals surface area contributed by atoms with Crippen LogP contribution in [0.15, 0.2) is 15.7 Å². The van der Waals surface area contributed by atoms with Crippen LogP contribution in [-0.2, 0) is 20.1 Å². The number of aryl methyl sites for hydroxylation is 3. The lowest BCUT2D eigenvalue weighted by Gasteiger charge is -2.31. The zero-order valence-corrected chi connectivity index (χ0v) is 20.1. The Bertz CT molecular complexity index is 760. The highest BCUT2D eigenvalue weighted by Gasteiger charge is 2.21. The molecule has 3 rings (SSSR count). The summed E-state index contributed by atoms with van der Waals surface area (Å²) >= 11 is 0. The average molecular weight is 516 g/mol. The number of aliphatic imine (C=N–C) groups is 1. The van der Waals surface area contributed by atoms with E-state index in [4.69, 9.17) is 4.42 Å². The normalized spacial score (nSPS) is 15.9. The van der Waals surface area contributed by atoms with E-state index in [1.54, 1.807) is 11.0 Å². The van der Waals surface area contributed by atoms with Crippen molar-refractivity contribution in [3.63, 3.8) is 0 Å². The maximum atomic E-state index is 5.72. The van der Waals surface area contributed by atoms with Gasteiger partial charge in [-0.05, 0) is 52.6 Å².